The molecule has 0 saturated carbocycles. The van der Waals surface area contributed by atoms with Gasteiger partial charge < -0.3 is 0 Å². The van der Waals surface area contributed by atoms with Crippen molar-refractivity contribution in [1.82, 2.24) is 4.98 Å². The Morgan fingerprint density at radius 3 is 2.72 bits per heavy atom. The second kappa shape index (κ2) is 8.61. The molecule has 0 aliphatic rings. The van der Waals surface area contributed by atoms with Gasteiger partial charge in [0, 0.05) is 10.4 Å². The highest BCUT2D eigenvalue weighted by molar-refractivity contribution is 7.16. The molecule has 0 radical (unpaired) electrons. The zero-order valence-corrected chi connectivity index (χ0v) is 16.9. The fraction of sp³-hybridized carbons (Fsp3) is 0.263. The Morgan fingerprint density at radius 1 is 1.24 bits per heavy atom. The average Bonchev–Trinajstić information content (AvgIpc) is 3.20. The van der Waals surface area contributed by atoms with Gasteiger partial charge in [0.1, 0.15) is 0 Å². The highest BCUT2D eigenvalue weighted by Crippen LogP contribution is 2.34. The van der Waals surface area contributed by atoms with E-state index in [1.54, 1.807) is 11.3 Å². The van der Waals surface area contributed by atoms with Gasteiger partial charge in [-0.15, -0.1) is 35.1 Å². The molecule has 1 aromatic carbocycles. The minimum absolute atomic E-state index is 0. The maximum Gasteiger partial charge on any atom is 0.267 e. The summed E-state index contributed by atoms with van der Waals surface area (Å²) in [5, 5.41) is 5.52. The molecule has 3 aromatic rings. The monoisotopic (exact) mass is 392 g/mol. The lowest BCUT2D eigenvalue weighted by atomic mass is 10.0. The molecular formula is C19H21ClN2OS2. The number of thiazole rings is 1. The van der Waals surface area contributed by atoms with Crippen molar-refractivity contribution >= 4 is 46.1 Å². The molecule has 0 atom stereocenters. The number of halogens is 1. The number of benzene rings is 1. The number of thiophene rings is 1. The third-order valence-corrected chi connectivity index (χ3v) is 5.69. The summed E-state index contributed by atoms with van der Waals surface area (Å²) in [4.78, 5) is 19.0. The van der Waals surface area contributed by atoms with Crippen LogP contribution in [0.15, 0.2) is 35.7 Å². The summed E-state index contributed by atoms with van der Waals surface area (Å²) in [6, 6.07) is 10.1. The van der Waals surface area contributed by atoms with Gasteiger partial charge in [0.15, 0.2) is 5.13 Å². The Kier molecular flexibility index (Phi) is 6.76. The van der Waals surface area contributed by atoms with E-state index in [0.29, 0.717) is 10.0 Å². The number of aryl methyl sites for hydroxylation is 3. The van der Waals surface area contributed by atoms with Crippen LogP contribution in [0.2, 0.25) is 0 Å². The largest absolute Gasteiger partial charge is 0.297 e. The van der Waals surface area contributed by atoms with E-state index in [4.69, 9.17) is 4.98 Å². The normalized spacial score (nSPS) is 10.4. The minimum Gasteiger partial charge on any atom is -0.297 e. The maximum absolute atomic E-state index is 12.3. The van der Waals surface area contributed by atoms with Crippen LogP contribution in [0, 0.1) is 13.8 Å². The zero-order chi connectivity index (χ0) is 17.1. The van der Waals surface area contributed by atoms with E-state index in [-0.39, 0.29) is 18.3 Å². The zero-order valence-electron chi connectivity index (χ0n) is 14.5. The average molecular weight is 393 g/mol. The first kappa shape index (κ1) is 19.6. The Labute approximate surface area is 162 Å². The second-order valence-electron chi connectivity index (χ2n) is 5.79. The number of nitrogens with one attached hydrogen (secondary N) is 1. The molecule has 0 fully saturated rings. The molecule has 25 heavy (non-hydrogen) atoms. The van der Waals surface area contributed by atoms with E-state index < -0.39 is 0 Å². The van der Waals surface area contributed by atoms with Gasteiger partial charge in [0.05, 0.1) is 10.6 Å². The first-order valence-corrected chi connectivity index (χ1v) is 9.70. The number of anilines is 1. The Bertz CT molecular complexity index is 856. The first-order chi connectivity index (χ1) is 11.6. The summed E-state index contributed by atoms with van der Waals surface area (Å²) in [7, 11) is 0. The van der Waals surface area contributed by atoms with Crippen LogP contribution in [0.5, 0.6) is 0 Å². The quantitative estimate of drug-likeness (QED) is 0.568. The first-order valence-electron chi connectivity index (χ1n) is 8.00. The van der Waals surface area contributed by atoms with Crippen LogP contribution >= 0.6 is 35.1 Å². The molecule has 3 rings (SSSR count). The molecular weight excluding hydrogens is 372 g/mol. The highest BCUT2D eigenvalue weighted by atomic mass is 35.5. The van der Waals surface area contributed by atoms with Crippen LogP contribution in [0.25, 0.3) is 11.3 Å². The molecule has 132 valence electrons. The van der Waals surface area contributed by atoms with Gasteiger partial charge in [-0.25, -0.2) is 4.98 Å². The lowest BCUT2D eigenvalue weighted by Gasteiger charge is -2.06. The molecule has 0 aliphatic heterocycles. The summed E-state index contributed by atoms with van der Waals surface area (Å²) >= 11 is 3.02. The minimum atomic E-state index is -0.0886. The molecule has 1 amide bonds. The SMILES string of the molecule is CCCc1sc(NC(=O)c2cccs2)nc1-c1cc(C)ccc1C.Cl. The van der Waals surface area contributed by atoms with Crippen LogP contribution in [0.1, 0.15) is 39.0 Å². The van der Waals surface area contributed by atoms with Crippen LogP contribution < -0.4 is 5.32 Å². The molecule has 2 aromatic heterocycles. The fourth-order valence-corrected chi connectivity index (χ4v) is 4.26. The molecule has 0 unspecified atom stereocenters. The summed E-state index contributed by atoms with van der Waals surface area (Å²) < 4.78 is 0. The number of rotatable bonds is 5. The number of aromatic nitrogens is 1. The van der Waals surface area contributed by atoms with E-state index >= 15 is 0 Å². The van der Waals surface area contributed by atoms with Gasteiger partial charge in [-0.1, -0.05) is 37.1 Å². The smallest absolute Gasteiger partial charge is 0.267 e. The van der Waals surface area contributed by atoms with Crippen LogP contribution in [0.4, 0.5) is 5.13 Å². The van der Waals surface area contributed by atoms with Crippen LogP contribution in [-0.2, 0) is 6.42 Å². The molecule has 2 heterocycles. The van der Waals surface area contributed by atoms with Crippen molar-refractivity contribution in [2.45, 2.75) is 33.6 Å². The third-order valence-electron chi connectivity index (χ3n) is 3.79. The van der Waals surface area contributed by atoms with E-state index in [1.807, 2.05) is 17.5 Å². The predicted octanol–water partition coefficient (Wildman–Crippen LogP) is 6.12. The molecule has 0 saturated heterocycles. The van der Waals surface area contributed by atoms with Gasteiger partial charge >= 0.3 is 0 Å². The lowest BCUT2D eigenvalue weighted by Crippen LogP contribution is -2.09. The van der Waals surface area contributed by atoms with Gasteiger partial charge in [0.25, 0.3) is 5.91 Å². The molecule has 3 nitrogen and oxygen atoms in total. The molecule has 0 spiro atoms. The van der Waals surface area contributed by atoms with Gasteiger partial charge in [-0.2, -0.15) is 0 Å². The lowest BCUT2D eigenvalue weighted by molar-refractivity contribution is 0.103. The Balaban J connectivity index is 0.00000225. The van der Waals surface area contributed by atoms with Crippen molar-refractivity contribution in [2.75, 3.05) is 5.32 Å². The topological polar surface area (TPSA) is 42.0 Å². The summed E-state index contributed by atoms with van der Waals surface area (Å²) in [5.41, 5.74) is 4.59. The standard InChI is InChI=1S/C19H20N2OS2.ClH/c1-4-6-15-17(14-11-12(2)8-9-13(14)3)20-19(24-15)21-18(22)16-7-5-10-23-16;/h5,7-11H,4,6H2,1-3H3,(H,20,21,22);1H. The van der Waals surface area contributed by atoms with E-state index in [0.717, 1.165) is 24.1 Å². The Morgan fingerprint density at radius 2 is 2.04 bits per heavy atom. The summed E-state index contributed by atoms with van der Waals surface area (Å²) in [6.45, 7) is 6.36. The van der Waals surface area contributed by atoms with E-state index in [9.17, 15) is 4.79 Å². The number of nitrogens with zero attached hydrogens (tertiary/aromatic N) is 1. The highest BCUT2D eigenvalue weighted by Gasteiger charge is 2.17. The third kappa shape index (κ3) is 4.48. The second-order valence-corrected chi connectivity index (χ2v) is 7.82. The predicted molar refractivity (Wildman–Crippen MR) is 111 cm³/mol. The number of hydrogen-bond donors (Lipinski definition) is 1. The van der Waals surface area contributed by atoms with E-state index in [2.05, 4.69) is 44.3 Å². The molecule has 6 heteroatoms. The van der Waals surface area contributed by atoms with E-state index in [1.165, 1.54) is 27.3 Å². The Hall–Kier alpha value is -1.69. The number of carbonyl (C=O) groups is 1. The van der Waals surface area contributed by atoms with Crippen molar-refractivity contribution in [3.05, 3.63) is 56.6 Å². The molecule has 0 bridgehead atoms. The fourth-order valence-electron chi connectivity index (χ4n) is 2.57. The van der Waals surface area contributed by atoms with Crippen molar-refractivity contribution in [2.24, 2.45) is 0 Å². The summed E-state index contributed by atoms with van der Waals surface area (Å²) in [6.07, 6.45) is 2.02. The maximum atomic E-state index is 12.3. The van der Waals surface area contributed by atoms with Crippen molar-refractivity contribution in [3.8, 4) is 11.3 Å². The summed E-state index contributed by atoms with van der Waals surface area (Å²) in [5.74, 6) is -0.0886. The van der Waals surface area contributed by atoms with Crippen molar-refractivity contribution in [3.63, 3.8) is 0 Å². The molecule has 1 N–H and O–H groups in total. The number of amides is 1. The number of carbonyl (C=O) groups excluding carboxylic acids is 1. The van der Waals surface area contributed by atoms with Crippen molar-refractivity contribution in [1.29, 1.82) is 0 Å². The van der Waals surface area contributed by atoms with Crippen molar-refractivity contribution < 1.29 is 4.79 Å². The number of hydrogen-bond acceptors (Lipinski definition) is 4. The van der Waals surface area contributed by atoms with Gasteiger partial charge in [-0.3, -0.25) is 10.1 Å². The molecule has 0 aliphatic carbocycles. The van der Waals surface area contributed by atoms with Crippen LogP contribution in [-0.4, -0.2) is 10.9 Å². The van der Waals surface area contributed by atoms with Gasteiger partial charge in [-0.05, 0) is 43.3 Å². The van der Waals surface area contributed by atoms with Crippen LogP contribution in [0.3, 0.4) is 0 Å². The van der Waals surface area contributed by atoms with Gasteiger partial charge in [0.2, 0.25) is 0 Å².